The molecule has 0 fully saturated rings. The molecule has 1 aliphatic rings. The van der Waals surface area contributed by atoms with E-state index in [1.165, 1.54) is 33.3 Å². The van der Waals surface area contributed by atoms with Crippen LogP contribution < -0.4 is 5.32 Å². The molecule has 1 unspecified atom stereocenters. The molecule has 0 amide bonds. The third-order valence-electron chi connectivity index (χ3n) is 4.59. The smallest absolute Gasteiger partial charge is 0.151 e. The normalized spacial score (nSPS) is 13.7. The Morgan fingerprint density at radius 3 is 2.77 bits per heavy atom. The number of rotatable bonds is 3. The summed E-state index contributed by atoms with van der Waals surface area (Å²) in [5.41, 5.74) is 7.35. The van der Waals surface area contributed by atoms with Crippen LogP contribution in [0.5, 0.6) is 0 Å². The van der Waals surface area contributed by atoms with Gasteiger partial charge in [-0.25, -0.2) is 0 Å². The van der Waals surface area contributed by atoms with Crippen LogP contribution >= 0.6 is 0 Å². The molecule has 0 aliphatic heterocycles. The summed E-state index contributed by atoms with van der Waals surface area (Å²) in [5.74, 6) is 0.152. The molecule has 0 saturated heterocycles. The number of aromatic nitrogens is 1. The van der Waals surface area contributed by atoms with Crippen LogP contribution in [0.4, 0.5) is 5.69 Å². The number of aromatic amines is 1. The van der Waals surface area contributed by atoms with Crippen molar-refractivity contribution in [3.8, 4) is 11.3 Å². The summed E-state index contributed by atoms with van der Waals surface area (Å²) in [4.78, 5) is 15.1. The number of carbonyl (C=O) groups is 1. The topological polar surface area (TPSA) is 44.9 Å². The molecule has 0 bridgehead atoms. The van der Waals surface area contributed by atoms with E-state index in [-0.39, 0.29) is 11.8 Å². The highest BCUT2D eigenvalue weighted by atomic mass is 16.1. The number of benzene rings is 2. The standard InChI is InChI=1S/C19H18N2O/c1-11(12(2)22)20-18-9-5-7-14-15(18)10-16-13-6-3-4-8-17(13)21-19(14)16/h3-9,11,20-21H,10H2,1-2H3. The number of ketones is 1. The Morgan fingerprint density at radius 2 is 1.95 bits per heavy atom. The molecule has 1 heterocycles. The van der Waals surface area contributed by atoms with E-state index in [1.54, 1.807) is 6.92 Å². The molecular weight excluding hydrogens is 272 g/mol. The molecule has 4 rings (SSSR count). The number of hydrogen-bond acceptors (Lipinski definition) is 2. The fraction of sp³-hybridized carbons (Fsp3) is 0.211. The average molecular weight is 290 g/mol. The third kappa shape index (κ3) is 1.86. The van der Waals surface area contributed by atoms with Crippen molar-refractivity contribution in [2.45, 2.75) is 26.3 Å². The maximum absolute atomic E-state index is 11.5. The number of para-hydroxylation sites is 1. The molecule has 1 aromatic heterocycles. The van der Waals surface area contributed by atoms with Crippen molar-refractivity contribution in [2.75, 3.05) is 5.32 Å². The summed E-state index contributed by atoms with van der Waals surface area (Å²) >= 11 is 0. The predicted octanol–water partition coefficient (Wildman–Crippen LogP) is 4.13. The minimum absolute atomic E-state index is 0.152. The molecular formula is C19H18N2O. The van der Waals surface area contributed by atoms with Gasteiger partial charge in [-0.1, -0.05) is 30.3 Å². The predicted molar refractivity (Wildman–Crippen MR) is 90.3 cm³/mol. The van der Waals surface area contributed by atoms with Crippen molar-refractivity contribution in [2.24, 2.45) is 0 Å². The number of Topliss-reactive ketones (excluding diaryl/α,β-unsaturated/α-hetero) is 1. The van der Waals surface area contributed by atoms with Gasteiger partial charge in [-0.15, -0.1) is 0 Å². The Bertz CT molecular complexity index is 892. The fourth-order valence-corrected chi connectivity index (χ4v) is 3.27. The number of hydrogen-bond donors (Lipinski definition) is 2. The first kappa shape index (κ1) is 13.1. The van der Waals surface area contributed by atoms with Gasteiger partial charge in [-0.2, -0.15) is 0 Å². The minimum Gasteiger partial charge on any atom is -0.375 e. The second-order valence-electron chi connectivity index (χ2n) is 6.01. The summed E-state index contributed by atoms with van der Waals surface area (Å²) in [6.45, 7) is 3.53. The second-order valence-corrected chi connectivity index (χ2v) is 6.01. The lowest BCUT2D eigenvalue weighted by Crippen LogP contribution is -2.23. The molecule has 22 heavy (non-hydrogen) atoms. The van der Waals surface area contributed by atoms with Crippen molar-refractivity contribution < 1.29 is 4.79 Å². The molecule has 2 N–H and O–H groups in total. The summed E-state index contributed by atoms with van der Waals surface area (Å²) in [6.07, 6.45) is 0.905. The molecule has 3 nitrogen and oxygen atoms in total. The van der Waals surface area contributed by atoms with E-state index in [9.17, 15) is 4.79 Å². The van der Waals surface area contributed by atoms with Crippen LogP contribution in [0.1, 0.15) is 25.0 Å². The highest BCUT2D eigenvalue weighted by Gasteiger charge is 2.25. The van der Waals surface area contributed by atoms with E-state index in [0.29, 0.717) is 0 Å². The molecule has 110 valence electrons. The molecule has 0 radical (unpaired) electrons. The Morgan fingerprint density at radius 1 is 1.14 bits per heavy atom. The lowest BCUT2D eigenvalue weighted by Gasteiger charge is -2.15. The van der Waals surface area contributed by atoms with Gasteiger partial charge in [-0.3, -0.25) is 4.79 Å². The lowest BCUT2D eigenvalue weighted by molar-refractivity contribution is -0.117. The first-order chi connectivity index (χ1) is 10.6. The van der Waals surface area contributed by atoms with E-state index in [0.717, 1.165) is 12.1 Å². The second kappa shape index (κ2) is 4.73. The molecule has 0 saturated carbocycles. The average Bonchev–Trinajstić information content (AvgIpc) is 3.04. The first-order valence-corrected chi connectivity index (χ1v) is 7.64. The summed E-state index contributed by atoms with van der Waals surface area (Å²) < 4.78 is 0. The zero-order valence-electron chi connectivity index (χ0n) is 12.7. The van der Waals surface area contributed by atoms with Crippen LogP contribution in [0.25, 0.3) is 22.2 Å². The van der Waals surface area contributed by atoms with Gasteiger partial charge in [0.2, 0.25) is 0 Å². The zero-order valence-corrected chi connectivity index (χ0v) is 12.7. The first-order valence-electron chi connectivity index (χ1n) is 7.64. The van der Waals surface area contributed by atoms with E-state index in [4.69, 9.17) is 0 Å². The zero-order chi connectivity index (χ0) is 15.3. The summed E-state index contributed by atoms with van der Waals surface area (Å²) in [6, 6.07) is 14.5. The highest BCUT2D eigenvalue weighted by molar-refractivity contribution is 5.96. The van der Waals surface area contributed by atoms with Crippen molar-refractivity contribution in [3.63, 3.8) is 0 Å². The Hall–Kier alpha value is -2.55. The van der Waals surface area contributed by atoms with E-state index in [2.05, 4.69) is 52.8 Å². The summed E-state index contributed by atoms with van der Waals surface area (Å²) in [5, 5.41) is 4.64. The number of anilines is 1. The van der Waals surface area contributed by atoms with Crippen LogP contribution in [-0.2, 0) is 11.2 Å². The minimum atomic E-state index is -0.165. The third-order valence-corrected chi connectivity index (χ3v) is 4.59. The van der Waals surface area contributed by atoms with Gasteiger partial charge < -0.3 is 10.3 Å². The monoisotopic (exact) mass is 290 g/mol. The van der Waals surface area contributed by atoms with Crippen LogP contribution in [0.2, 0.25) is 0 Å². The summed E-state index contributed by atoms with van der Waals surface area (Å²) in [7, 11) is 0. The van der Waals surface area contributed by atoms with E-state index in [1.807, 2.05) is 6.92 Å². The van der Waals surface area contributed by atoms with Crippen molar-refractivity contribution in [1.29, 1.82) is 0 Å². The number of H-pyrrole nitrogens is 1. The van der Waals surface area contributed by atoms with Crippen LogP contribution in [0.15, 0.2) is 42.5 Å². The highest BCUT2D eigenvalue weighted by Crippen LogP contribution is 2.43. The Kier molecular flexibility index (Phi) is 2.83. The van der Waals surface area contributed by atoms with Crippen LogP contribution in [-0.4, -0.2) is 16.8 Å². The number of nitrogens with one attached hydrogen (secondary N) is 2. The Labute approximate surface area is 129 Å². The maximum atomic E-state index is 11.5. The molecule has 2 aromatic carbocycles. The van der Waals surface area contributed by atoms with Gasteiger partial charge in [0.05, 0.1) is 11.7 Å². The molecule has 3 heteroatoms. The molecule has 1 aliphatic carbocycles. The van der Waals surface area contributed by atoms with Gasteiger partial charge in [0, 0.05) is 28.6 Å². The van der Waals surface area contributed by atoms with Crippen molar-refractivity contribution in [3.05, 3.63) is 53.6 Å². The van der Waals surface area contributed by atoms with Crippen molar-refractivity contribution in [1.82, 2.24) is 4.98 Å². The van der Waals surface area contributed by atoms with Gasteiger partial charge in [-0.05, 0) is 37.1 Å². The van der Waals surface area contributed by atoms with Gasteiger partial charge in [0.1, 0.15) is 0 Å². The Balaban J connectivity index is 1.82. The van der Waals surface area contributed by atoms with Crippen LogP contribution in [0.3, 0.4) is 0 Å². The largest absolute Gasteiger partial charge is 0.375 e. The van der Waals surface area contributed by atoms with Crippen molar-refractivity contribution >= 4 is 22.4 Å². The van der Waals surface area contributed by atoms with Gasteiger partial charge >= 0.3 is 0 Å². The maximum Gasteiger partial charge on any atom is 0.151 e. The number of carbonyl (C=O) groups excluding carboxylic acids is 1. The lowest BCUT2D eigenvalue weighted by atomic mass is 10.1. The van der Waals surface area contributed by atoms with Crippen LogP contribution in [0, 0.1) is 0 Å². The van der Waals surface area contributed by atoms with E-state index >= 15 is 0 Å². The fourth-order valence-electron chi connectivity index (χ4n) is 3.27. The van der Waals surface area contributed by atoms with Gasteiger partial charge in [0.15, 0.2) is 5.78 Å². The van der Waals surface area contributed by atoms with E-state index < -0.39 is 0 Å². The SMILES string of the molecule is CC(=O)C(C)Nc1cccc2c1Cc1c-2[nH]c2ccccc12. The number of fused-ring (bicyclic) bond motifs is 5. The quantitative estimate of drug-likeness (QED) is 0.596. The van der Waals surface area contributed by atoms with Gasteiger partial charge in [0.25, 0.3) is 0 Å². The molecule has 3 aromatic rings. The molecule has 1 atom stereocenters. The molecule has 0 spiro atoms.